The van der Waals surface area contributed by atoms with Gasteiger partial charge in [-0.2, -0.15) is 5.10 Å². The lowest BCUT2D eigenvalue weighted by Crippen LogP contribution is -2.14. The summed E-state index contributed by atoms with van der Waals surface area (Å²) in [7, 11) is 0. The molecule has 0 radical (unpaired) electrons. The van der Waals surface area contributed by atoms with E-state index in [1.165, 1.54) is 0 Å². The molecule has 3 heterocycles. The Balaban J connectivity index is 1.19. The minimum Gasteiger partial charge on any atom is -0.326 e. The highest BCUT2D eigenvalue weighted by molar-refractivity contribution is 5.93. The van der Waals surface area contributed by atoms with Crippen LogP contribution in [0, 0.1) is 13.8 Å². The van der Waals surface area contributed by atoms with Gasteiger partial charge in [0.15, 0.2) is 11.5 Å². The largest absolute Gasteiger partial charge is 0.326 e. The Labute approximate surface area is 195 Å². The molecular formula is C25H24N8O. The molecule has 0 atom stereocenters. The number of nitrogens with one attached hydrogen (secondary N) is 1. The van der Waals surface area contributed by atoms with E-state index in [0.29, 0.717) is 18.9 Å². The van der Waals surface area contributed by atoms with E-state index in [1.54, 1.807) is 0 Å². The quantitative estimate of drug-likeness (QED) is 0.417. The highest BCUT2D eigenvalue weighted by Gasteiger charge is 2.28. The summed E-state index contributed by atoms with van der Waals surface area (Å²) in [6.07, 6.45) is 3.13. The van der Waals surface area contributed by atoms with E-state index in [-0.39, 0.29) is 5.91 Å². The van der Waals surface area contributed by atoms with Crippen LogP contribution in [0.15, 0.2) is 48.5 Å². The summed E-state index contributed by atoms with van der Waals surface area (Å²) in [6, 6.07) is 16.0. The standard InChI is InChI=1S/C25H24N8O/c1-15-20(16(2)32-25(26-15)21-8-3-4-9-22(21)29-32)12-13-23(34)27-18-7-5-6-17(14-18)24-28-30-31-33(24)19-10-11-19/h3-9,14,19H,10-13H2,1-2H3,(H,27,34). The molecule has 0 aliphatic heterocycles. The van der Waals surface area contributed by atoms with Gasteiger partial charge in [-0.1, -0.05) is 24.3 Å². The van der Waals surface area contributed by atoms with E-state index >= 15 is 0 Å². The van der Waals surface area contributed by atoms with E-state index < -0.39 is 0 Å². The summed E-state index contributed by atoms with van der Waals surface area (Å²) in [6.45, 7) is 4.03. The summed E-state index contributed by atoms with van der Waals surface area (Å²) in [5.41, 5.74) is 6.38. The zero-order chi connectivity index (χ0) is 23.2. The second-order valence-electron chi connectivity index (χ2n) is 8.82. The zero-order valence-electron chi connectivity index (χ0n) is 19.1. The predicted octanol–water partition coefficient (Wildman–Crippen LogP) is 4.06. The Kier molecular flexibility index (Phi) is 4.83. The van der Waals surface area contributed by atoms with Crippen LogP contribution in [0.1, 0.15) is 42.3 Å². The van der Waals surface area contributed by atoms with Crippen LogP contribution in [0.5, 0.6) is 0 Å². The molecule has 1 fully saturated rings. The number of hydrogen-bond donors (Lipinski definition) is 1. The van der Waals surface area contributed by atoms with Crippen LogP contribution in [0.3, 0.4) is 0 Å². The number of aromatic nitrogens is 7. The van der Waals surface area contributed by atoms with Gasteiger partial charge in [0.2, 0.25) is 5.91 Å². The van der Waals surface area contributed by atoms with Gasteiger partial charge in [-0.3, -0.25) is 4.79 Å². The van der Waals surface area contributed by atoms with Crippen molar-refractivity contribution in [2.45, 2.75) is 45.6 Å². The van der Waals surface area contributed by atoms with Gasteiger partial charge in [-0.15, -0.1) is 5.10 Å². The van der Waals surface area contributed by atoms with Crippen molar-refractivity contribution in [3.63, 3.8) is 0 Å². The van der Waals surface area contributed by atoms with Gasteiger partial charge in [0, 0.05) is 34.4 Å². The molecule has 5 aromatic rings. The Morgan fingerprint density at radius 3 is 2.82 bits per heavy atom. The first-order valence-corrected chi connectivity index (χ1v) is 11.5. The van der Waals surface area contributed by atoms with E-state index in [2.05, 4.69) is 20.8 Å². The fraction of sp³-hybridized carbons (Fsp3) is 0.280. The highest BCUT2D eigenvalue weighted by Crippen LogP contribution is 2.36. The van der Waals surface area contributed by atoms with Gasteiger partial charge in [0.1, 0.15) is 0 Å². The molecule has 2 aromatic carbocycles. The summed E-state index contributed by atoms with van der Waals surface area (Å²) in [4.78, 5) is 17.6. The van der Waals surface area contributed by atoms with Crippen molar-refractivity contribution in [2.75, 3.05) is 5.32 Å². The maximum atomic E-state index is 12.8. The molecule has 3 aromatic heterocycles. The van der Waals surface area contributed by atoms with E-state index in [4.69, 9.17) is 10.1 Å². The molecule has 1 aliphatic rings. The lowest BCUT2D eigenvalue weighted by atomic mass is 10.1. The molecule has 170 valence electrons. The minimum atomic E-state index is -0.0524. The number of rotatable bonds is 6. The van der Waals surface area contributed by atoms with Crippen molar-refractivity contribution < 1.29 is 4.79 Å². The predicted molar refractivity (Wildman–Crippen MR) is 128 cm³/mol. The van der Waals surface area contributed by atoms with Crippen LogP contribution in [0.2, 0.25) is 0 Å². The van der Waals surface area contributed by atoms with Crippen LogP contribution >= 0.6 is 0 Å². The van der Waals surface area contributed by atoms with Crippen molar-refractivity contribution in [1.29, 1.82) is 0 Å². The highest BCUT2D eigenvalue weighted by atomic mass is 16.1. The van der Waals surface area contributed by atoms with Crippen molar-refractivity contribution >= 4 is 28.1 Å². The number of carbonyl (C=O) groups excluding carboxylic acids is 1. The third-order valence-electron chi connectivity index (χ3n) is 6.41. The van der Waals surface area contributed by atoms with Gasteiger partial charge in [-0.25, -0.2) is 14.2 Å². The first-order chi connectivity index (χ1) is 16.6. The van der Waals surface area contributed by atoms with Gasteiger partial charge >= 0.3 is 0 Å². The Bertz CT molecular complexity index is 1550. The summed E-state index contributed by atoms with van der Waals surface area (Å²) in [5.74, 6) is 0.680. The molecule has 9 nitrogen and oxygen atoms in total. The summed E-state index contributed by atoms with van der Waals surface area (Å²) in [5, 5.41) is 20.9. The maximum Gasteiger partial charge on any atom is 0.224 e. The molecule has 1 aliphatic carbocycles. The lowest BCUT2D eigenvalue weighted by Gasteiger charge is -2.12. The number of aryl methyl sites for hydroxylation is 2. The second-order valence-corrected chi connectivity index (χ2v) is 8.82. The molecule has 0 saturated heterocycles. The Morgan fingerprint density at radius 2 is 1.97 bits per heavy atom. The van der Waals surface area contributed by atoms with E-state index in [0.717, 1.165) is 63.4 Å². The molecule has 1 saturated carbocycles. The number of fused-ring (bicyclic) bond motifs is 3. The van der Waals surface area contributed by atoms with Gasteiger partial charge in [-0.05, 0) is 73.4 Å². The monoisotopic (exact) mass is 452 g/mol. The van der Waals surface area contributed by atoms with Gasteiger partial charge in [0.25, 0.3) is 0 Å². The third kappa shape index (κ3) is 3.59. The molecule has 6 rings (SSSR count). The van der Waals surface area contributed by atoms with Crippen LogP contribution in [0.4, 0.5) is 5.69 Å². The van der Waals surface area contributed by atoms with E-state index in [9.17, 15) is 4.79 Å². The number of amides is 1. The topological polar surface area (TPSA) is 103 Å². The van der Waals surface area contributed by atoms with Crippen molar-refractivity contribution in [1.82, 2.24) is 34.8 Å². The third-order valence-corrected chi connectivity index (χ3v) is 6.41. The molecule has 0 spiro atoms. The van der Waals surface area contributed by atoms with Gasteiger partial charge in [0.05, 0.1) is 11.6 Å². The molecule has 1 N–H and O–H groups in total. The molecule has 0 bridgehead atoms. The number of tetrazole rings is 1. The first-order valence-electron chi connectivity index (χ1n) is 11.5. The second kappa shape index (κ2) is 8.02. The summed E-state index contributed by atoms with van der Waals surface area (Å²) >= 11 is 0. The Morgan fingerprint density at radius 1 is 1.12 bits per heavy atom. The van der Waals surface area contributed by atoms with E-state index in [1.807, 2.05) is 71.6 Å². The molecule has 9 heteroatoms. The molecule has 1 amide bonds. The van der Waals surface area contributed by atoms with Crippen LogP contribution in [-0.2, 0) is 11.2 Å². The molecule has 34 heavy (non-hydrogen) atoms. The zero-order valence-corrected chi connectivity index (χ0v) is 19.1. The van der Waals surface area contributed by atoms with Crippen molar-refractivity contribution in [2.24, 2.45) is 0 Å². The number of carbonyl (C=O) groups is 1. The van der Waals surface area contributed by atoms with Crippen LogP contribution in [0.25, 0.3) is 27.9 Å². The SMILES string of the molecule is Cc1nc2c3ccccc3nn2c(C)c1CCC(=O)Nc1cccc(-c2nnnn2C2CC2)c1. The maximum absolute atomic E-state index is 12.8. The molecular weight excluding hydrogens is 428 g/mol. The minimum absolute atomic E-state index is 0.0524. The Hall–Kier alpha value is -4.14. The fourth-order valence-corrected chi connectivity index (χ4v) is 4.49. The average Bonchev–Trinajstić information content (AvgIpc) is 3.44. The normalized spacial score (nSPS) is 13.6. The van der Waals surface area contributed by atoms with Crippen molar-refractivity contribution in [3.05, 3.63) is 65.5 Å². The number of nitrogens with zero attached hydrogens (tertiary/aromatic N) is 7. The first kappa shape index (κ1) is 20.5. The number of anilines is 1. The van der Waals surface area contributed by atoms with Crippen LogP contribution in [-0.4, -0.2) is 40.7 Å². The smallest absolute Gasteiger partial charge is 0.224 e. The van der Waals surface area contributed by atoms with Gasteiger partial charge < -0.3 is 5.32 Å². The van der Waals surface area contributed by atoms with Crippen LogP contribution < -0.4 is 5.32 Å². The lowest BCUT2D eigenvalue weighted by molar-refractivity contribution is -0.116. The number of hydrogen-bond acceptors (Lipinski definition) is 6. The molecule has 0 unspecified atom stereocenters. The van der Waals surface area contributed by atoms with Crippen molar-refractivity contribution in [3.8, 4) is 11.4 Å². The average molecular weight is 453 g/mol. The fourth-order valence-electron chi connectivity index (χ4n) is 4.49. The summed E-state index contributed by atoms with van der Waals surface area (Å²) < 4.78 is 3.76. The number of benzene rings is 2.